The summed E-state index contributed by atoms with van der Waals surface area (Å²) >= 11 is 0. The molecule has 0 saturated carbocycles. The molecule has 1 aromatic rings. The zero-order valence-electron chi connectivity index (χ0n) is 11.8. The maximum Gasteiger partial charge on any atom is 0.340 e. The zero-order valence-corrected chi connectivity index (χ0v) is 12.6. The lowest BCUT2D eigenvalue weighted by molar-refractivity contribution is 0.0527. The molecule has 0 radical (unpaired) electrons. The largest absolute Gasteiger partial charge is 0.462 e. The highest BCUT2D eigenvalue weighted by Gasteiger charge is 2.31. The Morgan fingerprint density at radius 2 is 2.33 bits per heavy atom. The van der Waals surface area contributed by atoms with Gasteiger partial charge in [-0.2, -0.15) is 0 Å². The Labute approximate surface area is 123 Å². The second-order valence-corrected chi connectivity index (χ2v) is 7.25. The van der Waals surface area contributed by atoms with Crippen LogP contribution in [-0.4, -0.2) is 43.5 Å². The molecule has 1 atom stereocenters. The number of carbonyl (C=O) groups is 1. The molecule has 0 aliphatic carbocycles. The molecule has 2 rings (SSSR count). The van der Waals surface area contributed by atoms with E-state index in [2.05, 4.69) is 10.3 Å². The third-order valence-corrected chi connectivity index (χ3v) is 5.72. The van der Waals surface area contributed by atoms with Gasteiger partial charge in [0.25, 0.3) is 0 Å². The minimum atomic E-state index is -3.03. The molecule has 116 valence electrons. The lowest BCUT2D eigenvalue weighted by atomic mass is 10.2. The van der Waals surface area contributed by atoms with Crippen LogP contribution in [0, 0.1) is 0 Å². The minimum Gasteiger partial charge on any atom is -0.462 e. The number of esters is 1. The average Bonchev–Trinajstić information content (AvgIpc) is 2.77. The number of nitrogen functional groups attached to an aromatic ring is 1. The van der Waals surface area contributed by atoms with Gasteiger partial charge in [-0.3, -0.25) is 0 Å². The van der Waals surface area contributed by atoms with E-state index in [-0.39, 0.29) is 30.2 Å². The second-order valence-electron chi connectivity index (χ2n) is 4.85. The van der Waals surface area contributed by atoms with E-state index >= 15 is 0 Å². The van der Waals surface area contributed by atoms with Gasteiger partial charge in [0.15, 0.2) is 9.84 Å². The van der Waals surface area contributed by atoms with Crippen LogP contribution in [0.4, 0.5) is 11.5 Å². The van der Waals surface area contributed by atoms with Gasteiger partial charge in [-0.1, -0.05) is 0 Å². The van der Waals surface area contributed by atoms with Crippen LogP contribution in [0.25, 0.3) is 0 Å². The number of carbonyl (C=O) groups excluding carboxylic acids is 1. The van der Waals surface area contributed by atoms with Crippen LogP contribution in [0.2, 0.25) is 0 Å². The average molecular weight is 313 g/mol. The summed E-state index contributed by atoms with van der Waals surface area (Å²) in [6.07, 6.45) is 2.75. The number of pyridine rings is 1. The normalized spacial score (nSPS) is 20.1. The van der Waals surface area contributed by atoms with Gasteiger partial charge in [0.1, 0.15) is 5.82 Å². The lowest BCUT2D eigenvalue weighted by Gasteiger charge is -2.14. The first-order chi connectivity index (χ1) is 9.95. The Balaban J connectivity index is 2.11. The number of rotatable bonds is 5. The lowest BCUT2D eigenvalue weighted by Crippen LogP contribution is -2.26. The molecule has 8 heteroatoms. The van der Waals surface area contributed by atoms with Crippen molar-refractivity contribution in [2.24, 2.45) is 0 Å². The number of aromatic nitrogens is 1. The number of nitrogens with zero attached hydrogens (tertiary/aromatic N) is 1. The van der Waals surface area contributed by atoms with E-state index < -0.39 is 21.1 Å². The fraction of sp³-hybridized carbons (Fsp3) is 0.538. The first-order valence-corrected chi connectivity index (χ1v) is 8.54. The maximum atomic E-state index is 11.8. The molecule has 21 heavy (non-hydrogen) atoms. The fourth-order valence-corrected chi connectivity index (χ4v) is 4.06. The molecule has 1 aliphatic rings. The standard InChI is InChI=1S/C13H19N3O4S/c1-2-20-13(17)10-5-6-15-12(11(10)14)16-8-9-4-3-7-21(9,18)19/h5-6,9H,2-4,7-8,14H2,1H3,(H,15,16). The number of hydrogen-bond donors (Lipinski definition) is 2. The number of sulfone groups is 1. The first-order valence-electron chi connectivity index (χ1n) is 6.82. The number of nitrogens with one attached hydrogen (secondary N) is 1. The molecule has 0 spiro atoms. The molecular formula is C13H19N3O4S. The van der Waals surface area contributed by atoms with Gasteiger partial charge in [-0.15, -0.1) is 0 Å². The highest BCUT2D eigenvalue weighted by atomic mass is 32.2. The third kappa shape index (κ3) is 3.44. The number of hydrogen-bond acceptors (Lipinski definition) is 7. The Bertz CT molecular complexity index is 630. The predicted octanol–water partition coefficient (Wildman–Crippen LogP) is 0.830. The molecule has 1 unspecified atom stereocenters. The van der Waals surface area contributed by atoms with Crippen LogP contribution < -0.4 is 11.1 Å². The van der Waals surface area contributed by atoms with Crippen molar-refractivity contribution in [3.05, 3.63) is 17.8 Å². The smallest absolute Gasteiger partial charge is 0.340 e. The molecule has 1 aliphatic heterocycles. The molecule has 7 nitrogen and oxygen atoms in total. The van der Waals surface area contributed by atoms with E-state index in [1.54, 1.807) is 6.92 Å². The Kier molecular flexibility index (Phi) is 4.66. The summed E-state index contributed by atoms with van der Waals surface area (Å²) in [5.41, 5.74) is 6.29. The SMILES string of the molecule is CCOC(=O)c1ccnc(NCC2CCCS2(=O)=O)c1N. The quantitative estimate of drug-likeness (QED) is 0.774. The fourth-order valence-electron chi connectivity index (χ4n) is 2.30. The van der Waals surface area contributed by atoms with E-state index in [0.717, 1.165) is 0 Å². The molecule has 0 bridgehead atoms. The van der Waals surface area contributed by atoms with E-state index in [4.69, 9.17) is 10.5 Å². The van der Waals surface area contributed by atoms with Crippen molar-refractivity contribution in [3.8, 4) is 0 Å². The van der Waals surface area contributed by atoms with Crippen molar-refractivity contribution < 1.29 is 17.9 Å². The van der Waals surface area contributed by atoms with E-state index in [9.17, 15) is 13.2 Å². The van der Waals surface area contributed by atoms with Crippen molar-refractivity contribution in [1.29, 1.82) is 0 Å². The highest BCUT2D eigenvalue weighted by molar-refractivity contribution is 7.92. The van der Waals surface area contributed by atoms with Crippen LogP contribution in [0.1, 0.15) is 30.1 Å². The van der Waals surface area contributed by atoms with Gasteiger partial charge in [-0.25, -0.2) is 18.2 Å². The van der Waals surface area contributed by atoms with Crippen LogP contribution in [0.5, 0.6) is 0 Å². The molecule has 1 aromatic heterocycles. The number of anilines is 2. The predicted molar refractivity (Wildman–Crippen MR) is 79.9 cm³/mol. The molecule has 0 amide bonds. The number of ether oxygens (including phenoxy) is 1. The maximum absolute atomic E-state index is 11.8. The Morgan fingerprint density at radius 1 is 1.57 bits per heavy atom. The summed E-state index contributed by atoms with van der Waals surface area (Å²) in [6, 6.07) is 1.48. The summed E-state index contributed by atoms with van der Waals surface area (Å²) in [5.74, 6) is 0.0158. The Morgan fingerprint density at radius 3 is 2.95 bits per heavy atom. The van der Waals surface area contributed by atoms with Gasteiger partial charge in [0, 0.05) is 12.7 Å². The highest BCUT2D eigenvalue weighted by Crippen LogP contribution is 2.24. The van der Waals surface area contributed by atoms with Crippen LogP contribution in [0.15, 0.2) is 12.3 Å². The second kappa shape index (κ2) is 6.30. The summed E-state index contributed by atoms with van der Waals surface area (Å²) in [4.78, 5) is 15.8. The van der Waals surface area contributed by atoms with Crippen LogP contribution in [0.3, 0.4) is 0 Å². The monoisotopic (exact) mass is 313 g/mol. The van der Waals surface area contributed by atoms with E-state index in [1.807, 2.05) is 0 Å². The third-order valence-electron chi connectivity index (χ3n) is 3.45. The Hall–Kier alpha value is -1.83. The van der Waals surface area contributed by atoms with Crippen LogP contribution in [-0.2, 0) is 14.6 Å². The minimum absolute atomic E-state index is 0.173. The molecule has 3 N–H and O–H groups in total. The van der Waals surface area contributed by atoms with Crippen molar-refractivity contribution in [2.75, 3.05) is 30.0 Å². The van der Waals surface area contributed by atoms with E-state index in [0.29, 0.717) is 18.7 Å². The molecule has 0 aromatic carbocycles. The first kappa shape index (κ1) is 15.6. The van der Waals surface area contributed by atoms with E-state index in [1.165, 1.54) is 12.3 Å². The van der Waals surface area contributed by atoms with Gasteiger partial charge >= 0.3 is 5.97 Å². The summed E-state index contributed by atoms with van der Waals surface area (Å²) in [6.45, 7) is 2.20. The van der Waals surface area contributed by atoms with Gasteiger partial charge in [0.2, 0.25) is 0 Å². The van der Waals surface area contributed by atoms with Crippen molar-refractivity contribution in [2.45, 2.75) is 25.0 Å². The summed E-state index contributed by atoms with van der Waals surface area (Å²) in [7, 11) is -3.03. The molecule has 2 heterocycles. The molecule has 1 fully saturated rings. The van der Waals surface area contributed by atoms with Gasteiger partial charge in [0.05, 0.1) is 28.9 Å². The number of nitrogens with two attached hydrogens (primary N) is 1. The topological polar surface area (TPSA) is 111 Å². The van der Waals surface area contributed by atoms with Crippen molar-refractivity contribution in [3.63, 3.8) is 0 Å². The summed E-state index contributed by atoms with van der Waals surface area (Å²) < 4.78 is 28.4. The van der Waals surface area contributed by atoms with Crippen LogP contribution >= 0.6 is 0 Å². The van der Waals surface area contributed by atoms with Gasteiger partial charge < -0.3 is 15.8 Å². The van der Waals surface area contributed by atoms with Crippen molar-refractivity contribution >= 4 is 27.3 Å². The van der Waals surface area contributed by atoms with Gasteiger partial charge in [-0.05, 0) is 25.8 Å². The summed E-state index contributed by atoms with van der Waals surface area (Å²) in [5, 5.41) is 2.50. The molecular weight excluding hydrogens is 294 g/mol. The molecule has 1 saturated heterocycles. The van der Waals surface area contributed by atoms with Crippen molar-refractivity contribution in [1.82, 2.24) is 4.98 Å². The zero-order chi connectivity index (χ0) is 15.5.